The molecule has 0 unspecified atom stereocenters. The predicted octanol–water partition coefficient (Wildman–Crippen LogP) is 4.86. The molecule has 5 nitrogen and oxygen atoms in total. The molecule has 0 aliphatic rings. The number of unbranched alkanes of at least 4 members (excludes halogenated alkanes) is 7. The van der Waals surface area contributed by atoms with E-state index in [1.807, 2.05) is 0 Å². The molecule has 0 fully saturated rings. The number of nitrogens with one attached hydrogen (secondary N) is 1. The highest BCUT2D eigenvalue weighted by Gasteiger charge is 2.04. The van der Waals surface area contributed by atoms with Gasteiger partial charge < -0.3 is 5.32 Å². The van der Waals surface area contributed by atoms with Crippen LogP contribution in [-0.2, 0) is 4.79 Å². The first kappa shape index (κ1) is 19.9. The summed E-state index contributed by atoms with van der Waals surface area (Å²) in [5.74, 6) is -0.163. The Morgan fingerprint density at radius 3 is 2.46 bits per heavy atom. The average molecular weight is 332 g/mol. The van der Waals surface area contributed by atoms with E-state index in [-0.39, 0.29) is 11.6 Å². The van der Waals surface area contributed by atoms with Crippen LogP contribution < -0.4 is 5.32 Å². The molecule has 24 heavy (non-hydrogen) atoms. The van der Waals surface area contributed by atoms with Crippen LogP contribution in [0.1, 0.15) is 63.9 Å². The number of hydrogen-bond donors (Lipinski definition) is 1. The molecule has 1 rings (SSSR count). The Bertz CT molecular complexity index is 541. The van der Waals surface area contributed by atoms with Crippen LogP contribution in [0.25, 0.3) is 6.08 Å². The molecule has 0 bridgehead atoms. The third-order valence-electron chi connectivity index (χ3n) is 3.84. The number of non-ortho nitro benzene ring substituents is 1. The second kappa shape index (κ2) is 12.3. The van der Waals surface area contributed by atoms with Crippen molar-refractivity contribution in [3.8, 4) is 0 Å². The van der Waals surface area contributed by atoms with Gasteiger partial charge in [0.05, 0.1) is 4.92 Å². The molecule has 0 saturated carbocycles. The van der Waals surface area contributed by atoms with Crippen molar-refractivity contribution >= 4 is 17.7 Å². The van der Waals surface area contributed by atoms with Crippen LogP contribution >= 0.6 is 0 Å². The summed E-state index contributed by atoms with van der Waals surface area (Å²) < 4.78 is 0. The van der Waals surface area contributed by atoms with Crippen molar-refractivity contribution in [2.45, 2.75) is 58.3 Å². The molecule has 132 valence electrons. The zero-order chi connectivity index (χ0) is 17.6. The summed E-state index contributed by atoms with van der Waals surface area (Å²) in [6, 6.07) is 6.22. The van der Waals surface area contributed by atoms with Gasteiger partial charge >= 0.3 is 0 Å². The van der Waals surface area contributed by atoms with Crippen LogP contribution in [0.2, 0.25) is 0 Å². The molecular weight excluding hydrogens is 304 g/mol. The molecule has 0 heterocycles. The van der Waals surface area contributed by atoms with Gasteiger partial charge in [0.1, 0.15) is 0 Å². The highest BCUT2D eigenvalue weighted by atomic mass is 16.6. The molecule has 1 aromatic carbocycles. The first-order valence-electron chi connectivity index (χ1n) is 8.84. The van der Waals surface area contributed by atoms with Gasteiger partial charge in [-0.25, -0.2) is 0 Å². The van der Waals surface area contributed by atoms with Crippen molar-refractivity contribution in [3.05, 3.63) is 46.0 Å². The van der Waals surface area contributed by atoms with Crippen LogP contribution in [0.4, 0.5) is 5.69 Å². The lowest BCUT2D eigenvalue weighted by Gasteiger charge is -2.03. The molecule has 1 aromatic rings. The van der Waals surface area contributed by atoms with Crippen molar-refractivity contribution in [1.82, 2.24) is 5.32 Å². The normalized spacial score (nSPS) is 10.9. The standard InChI is InChI=1S/C19H28N2O3/c1-2-3-4-5-6-7-8-9-15-20-19(22)14-13-17-11-10-12-18(16-17)21(23)24/h10-14,16H,2-9,15H2,1H3,(H,20,22). The third-order valence-corrected chi connectivity index (χ3v) is 3.84. The van der Waals surface area contributed by atoms with E-state index in [0.29, 0.717) is 12.1 Å². The monoisotopic (exact) mass is 332 g/mol. The summed E-state index contributed by atoms with van der Waals surface area (Å²) in [6.45, 7) is 2.89. The van der Waals surface area contributed by atoms with Crippen LogP contribution in [0.3, 0.4) is 0 Å². The van der Waals surface area contributed by atoms with E-state index < -0.39 is 4.92 Å². The minimum absolute atomic E-state index is 0.0245. The first-order valence-corrected chi connectivity index (χ1v) is 8.84. The van der Waals surface area contributed by atoms with Gasteiger partial charge in [-0.3, -0.25) is 14.9 Å². The molecule has 0 radical (unpaired) electrons. The number of nitro benzene ring substituents is 1. The van der Waals surface area contributed by atoms with Crippen LogP contribution in [0.5, 0.6) is 0 Å². The Morgan fingerprint density at radius 1 is 1.12 bits per heavy atom. The van der Waals surface area contributed by atoms with Crippen LogP contribution in [0, 0.1) is 10.1 Å². The smallest absolute Gasteiger partial charge is 0.270 e. The van der Waals surface area contributed by atoms with Gasteiger partial charge in [0.25, 0.3) is 5.69 Å². The fourth-order valence-corrected chi connectivity index (χ4v) is 2.44. The SMILES string of the molecule is CCCCCCCCCCNC(=O)C=Cc1cccc([N+](=O)[O-])c1. The maximum absolute atomic E-state index is 11.7. The van der Waals surface area contributed by atoms with Crippen molar-refractivity contribution in [1.29, 1.82) is 0 Å². The zero-order valence-corrected chi connectivity index (χ0v) is 14.5. The van der Waals surface area contributed by atoms with Gasteiger partial charge in [-0.15, -0.1) is 0 Å². The molecule has 5 heteroatoms. The lowest BCUT2D eigenvalue weighted by atomic mass is 10.1. The Hall–Kier alpha value is -2.17. The van der Waals surface area contributed by atoms with Gasteiger partial charge in [0.15, 0.2) is 0 Å². The van der Waals surface area contributed by atoms with Crippen LogP contribution in [-0.4, -0.2) is 17.4 Å². The number of rotatable bonds is 12. The van der Waals surface area contributed by atoms with E-state index in [4.69, 9.17) is 0 Å². The Labute approximate surface area is 144 Å². The maximum Gasteiger partial charge on any atom is 0.270 e. The molecule has 0 aliphatic heterocycles. The molecule has 0 saturated heterocycles. The van der Waals surface area contributed by atoms with Crippen LogP contribution in [0.15, 0.2) is 30.3 Å². The Balaban J connectivity index is 2.15. The number of hydrogen-bond acceptors (Lipinski definition) is 3. The Kier molecular flexibility index (Phi) is 10.2. The number of carbonyl (C=O) groups excluding carboxylic acids is 1. The molecule has 0 aliphatic carbocycles. The molecule has 0 aromatic heterocycles. The van der Waals surface area contributed by atoms with E-state index in [2.05, 4.69) is 12.2 Å². The summed E-state index contributed by atoms with van der Waals surface area (Å²) in [4.78, 5) is 22.0. The van der Waals surface area contributed by atoms with E-state index in [0.717, 1.165) is 12.8 Å². The molecule has 0 atom stereocenters. The quantitative estimate of drug-likeness (QED) is 0.257. The lowest BCUT2D eigenvalue weighted by molar-refractivity contribution is -0.384. The van der Waals surface area contributed by atoms with Gasteiger partial charge in [-0.2, -0.15) is 0 Å². The molecular formula is C19H28N2O3. The summed E-state index contributed by atoms with van der Waals surface area (Å²) in [6.07, 6.45) is 12.9. The summed E-state index contributed by atoms with van der Waals surface area (Å²) in [5, 5.41) is 13.5. The van der Waals surface area contributed by atoms with E-state index in [1.165, 1.54) is 56.7 Å². The van der Waals surface area contributed by atoms with E-state index in [9.17, 15) is 14.9 Å². The van der Waals surface area contributed by atoms with E-state index in [1.54, 1.807) is 18.2 Å². The van der Waals surface area contributed by atoms with Gasteiger partial charge in [-0.1, -0.05) is 64.0 Å². The third kappa shape index (κ3) is 9.08. The molecule has 1 amide bonds. The van der Waals surface area contributed by atoms with Crippen molar-refractivity contribution in [2.24, 2.45) is 0 Å². The largest absolute Gasteiger partial charge is 0.353 e. The topological polar surface area (TPSA) is 72.2 Å². The highest BCUT2D eigenvalue weighted by Crippen LogP contribution is 2.14. The fraction of sp³-hybridized carbons (Fsp3) is 0.526. The van der Waals surface area contributed by atoms with Gasteiger partial charge in [0.2, 0.25) is 5.91 Å². The number of benzene rings is 1. The Morgan fingerprint density at radius 2 is 1.79 bits per heavy atom. The molecule has 0 spiro atoms. The van der Waals surface area contributed by atoms with Crippen molar-refractivity contribution in [2.75, 3.05) is 6.54 Å². The van der Waals surface area contributed by atoms with Gasteiger partial charge in [-0.05, 0) is 18.1 Å². The zero-order valence-electron chi connectivity index (χ0n) is 14.5. The minimum Gasteiger partial charge on any atom is -0.353 e. The average Bonchev–Trinajstić information content (AvgIpc) is 2.58. The highest BCUT2D eigenvalue weighted by molar-refractivity contribution is 5.91. The van der Waals surface area contributed by atoms with Gasteiger partial charge in [0, 0.05) is 24.8 Å². The summed E-state index contributed by atoms with van der Waals surface area (Å²) >= 11 is 0. The van der Waals surface area contributed by atoms with E-state index >= 15 is 0 Å². The summed E-state index contributed by atoms with van der Waals surface area (Å²) in [5.41, 5.74) is 0.669. The van der Waals surface area contributed by atoms with Crippen molar-refractivity contribution in [3.63, 3.8) is 0 Å². The predicted molar refractivity (Wildman–Crippen MR) is 97.8 cm³/mol. The number of nitrogens with zero attached hydrogens (tertiary/aromatic N) is 1. The summed E-state index contributed by atoms with van der Waals surface area (Å²) in [7, 11) is 0. The second-order valence-corrected chi connectivity index (χ2v) is 5.95. The number of amides is 1. The van der Waals surface area contributed by atoms with Crippen molar-refractivity contribution < 1.29 is 9.72 Å². The second-order valence-electron chi connectivity index (χ2n) is 5.95. The number of nitro groups is 1. The first-order chi connectivity index (χ1) is 11.6. The lowest BCUT2D eigenvalue weighted by Crippen LogP contribution is -2.21. The number of carbonyl (C=O) groups is 1. The maximum atomic E-state index is 11.7. The fourth-order valence-electron chi connectivity index (χ4n) is 2.44. The molecule has 1 N–H and O–H groups in total. The minimum atomic E-state index is -0.445.